The Kier molecular flexibility index (Phi) is 5.35. The highest BCUT2D eigenvalue weighted by molar-refractivity contribution is 6.05. The van der Waals surface area contributed by atoms with Crippen molar-refractivity contribution < 1.29 is 4.79 Å². The van der Waals surface area contributed by atoms with Crippen LogP contribution < -0.4 is 10.6 Å². The number of pyridine rings is 1. The van der Waals surface area contributed by atoms with Crippen molar-refractivity contribution in [1.29, 1.82) is 0 Å². The topological polar surface area (TPSA) is 97.1 Å². The highest BCUT2D eigenvalue weighted by atomic mass is 16.1. The molecule has 3 aromatic heterocycles. The minimum atomic E-state index is -0.359. The summed E-state index contributed by atoms with van der Waals surface area (Å²) < 4.78 is 1.75. The van der Waals surface area contributed by atoms with Crippen molar-refractivity contribution in [3.63, 3.8) is 0 Å². The first kappa shape index (κ1) is 20.2. The molecule has 2 aromatic carbocycles. The molecule has 0 saturated heterocycles. The average Bonchev–Trinajstić information content (AvgIpc) is 3.29. The number of hydrogen-bond acceptors (Lipinski definition) is 6. The van der Waals surface area contributed by atoms with Crippen LogP contribution in [-0.4, -0.2) is 30.5 Å². The summed E-state index contributed by atoms with van der Waals surface area (Å²) >= 11 is 0. The Hall–Kier alpha value is -4.77. The van der Waals surface area contributed by atoms with E-state index in [1.165, 1.54) is 17.5 Å². The van der Waals surface area contributed by atoms with Crippen molar-refractivity contribution >= 4 is 39.6 Å². The molecular weight excluding hydrogens is 414 g/mol. The minimum Gasteiger partial charge on any atom is -0.340 e. The molecule has 160 valence electrons. The number of anilines is 3. The molecule has 0 spiro atoms. The Morgan fingerprint density at radius 3 is 2.64 bits per heavy atom. The Balaban J connectivity index is 1.35. The fraction of sp³-hybridized carbons (Fsp3) is 0.0800. The first-order valence-corrected chi connectivity index (χ1v) is 10.3. The fourth-order valence-corrected chi connectivity index (χ4v) is 3.56. The van der Waals surface area contributed by atoms with Crippen LogP contribution in [0.15, 0.2) is 73.4 Å². The van der Waals surface area contributed by atoms with E-state index in [0.717, 1.165) is 28.7 Å². The maximum Gasteiger partial charge on any atom is 0.300 e. The lowest BCUT2D eigenvalue weighted by molar-refractivity contribution is -0.111. The molecule has 1 amide bonds. The lowest BCUT2D eigenvalue weighted by atomic mass is 10.1. The number of nitrogens with zero attached hydrogens (tertiary/aromatic N) is 5. The van der Waals surface area contributed by atoms with E-state index in [9.17, 15) is 4.79 Å². The summed E-state index contributed by atoms with van der Waals surface area (Å²) in [5.41, 5.74) is 5.48. The Bertz CT molecular complexity index is 1530. The van der Waals surface area contributed by atoms with Gasteiger partial charge in [-0.2, -0.15) is 5.10 Å². The quantitative estimate of drug-likeness (QED) is 0.407. The smallest absolute Gasteiger partial charge is 0.300 e. The van der Waals surface area contributed by atoms with Crippen LogP contribution in [0.4, 0.5) is 17.2 Å². The predicted molar refractivity (Wildman–Crippen MR) is 127 cm³/mol. The van der Waals surface area contributed by atoms with Crippen molar-refractivity contribution in [2.75, 3.05) is 10.6 Å². The van der Waals surface area contributed by atoms with Crippen molar-refractivity contribution in [3.8, 4) is 11.8 Å². The SMILES string of the molecule is CC#CC(=O)Nc1ccc2ncnc(Nc3ccc(Cc4ccn5ncnc5c4)cc3)c2c1. The highest BCUT2D eigenvalue weighted by Gasteiger charge is 2.07. The number of fused-ring (bicyclic) bond motifs is 2. The Morgan fingerprint density at radius 2 is 1.79 bits per heavy atom. The number of benzene rings is 2. The number of aromatic nitrogens is 5. The minimum absolute atomic E-state index is 0.359. The molecule has 33 heavy (non-hydrogen) atoms. The molecule has 0 aliphatic rings. The Morgan fingerprint density at radius 1 is 0.939 bits per heavy atom. The van der Waals surface area contributed by atoms with E-state index in [4.69, 9.17) is 0 Å². The summed E-state index contributed by atoms with van der Waals surface area (Å²) in [6.45, 7) is 1.62. The molecule has 2 N–H and O–H groups in total. The monoisotopic (exact) mass is 433 g/mol. The van der Waals surface area contributed by atoms with Crippen molar-refractivity contribution in [2.45, 2.75) is 13.3 Å². The number of carbonyl (C=O) groups is 1. The van der Waals surface area contributed by atoms with Crippen molar-refractivity contribution in [2.24, 2.45) is 0 Å². The van der Waals surface area contributed by atoms with E-state index in [0.29, 0.717) is 11.5 Å². The van der Waals surface area contributed by atoms with Crippen LogP contribution in [0.2, 0.25) is 0 Å². The van der Waals surface area contributed by atoms with Crippen LogP contribution >= 0.6 is 0 Å². The highest BCUT2D eigenvalue weighted by Crippen LogP contribution is 2.26. The van der Waals surface area contributed by atoms with Crippen molar-refractivity contribution in [3.05, 3.63) is 84.6 Å². The fourth-order valence-electron chi connectivity index (χ4n) is 3.56. The van der Waals surface area contributed by atoms with Gasteiger partial charge < -0.3 is 10.6 Å². The molecule has 0 fully saturated rings. The molecule has 5 aromatic rings. The molecule has 0 aliphatic carbocycles. The molecule has 0 atom stereocenters. The number of carbonyl (C=O) groups excluding carboxylic acids is 1. The van der Waals surface area contributed by atoms with Crippen LogP contribution in [-0.2, 0) is 11.2 Å². The lowest BCUT2D eigenvalue weighted by Crippen LogP contribution is -2.08. The molecule has 0 aliphatic heterocycles. The third-order valence-corrected chi connectivity index (χ3v) is 5.10. The molecule has 8 nitrogen and oxygen atoms in total. The number of nitrogens with one attached hydrogen (secondary N) is 2. The zero-order chi connectivity index (χ0) is 22.6. The van der Waals surface area contributed by atoms with E-state index >= 15 is 0 Å². The van der Waals surface area contributed by atoms with E-state index in [1.807, 2.05) is 42.6 Å². The standard InChI is InChI=1S/C25H19N7O/c1-2-3-24(33)30-20-8-9-22-21(14-20)25(28-15-26-22)31-19-6-4-17(5-7-19)12-18-10-11-32-23(13-18)27-16-29-32/h4-11,13-16H,12H2,1H3,(H,30,33)(H,26,28,31). The first-order chi connectivity index (χ1) is 16.2. The summed E-state index contributed by atoms with van der Waals surface area (Å²) in [6.07, 6.45) is 5.77. The third kappa shape index (κ3) is 4.48. The second kappa shape index (κ2) is 8.77. The normalized spacial score (nSPS) is 10.6. The van der Waals surface area contributed by atoms with Gasteiger partial charge in [-0.3, -0.25) is 4.79 Å². The van der Waals surface area contributed by atoms with Crippen LogP contribution in [0.1, 0.15) is 18.1 Å². The second-order valence-electron chi connectivity index (χ2n) is 7.38. The summed E-state index contributed by atoms with van der Waals surface area (Å²) in [5.74, 6) is 5.36. The van der Waals surface area contributed by atoms with Gasteiger partial charge in [0.2, 0.25) is 0 Å². The zero-order valence-corrected chi connectivity index (χ0v) is 17.8. The average molecular weight is 433 g/mol. The lowest BCUT2D eigenvalue weighted by Gasteiger charge is -2.10. The van der Waals surface area contributed by atoms with Crippen LogP contribution in [0.5, 0.6) is 0 Å². The molecule has 8 heteroatoms. The first-order valence-electron chi connectivity index (χ1n) is 10.3. The van der Waals surface area contributed by atoms with Gasteiger partial charge in [0.05, 0.1) is 5.52 Å². The van der Waals surface area contributed by atoms with Crippen LogP contribution in [0.25, 0.3) is 16.6 Å². The number of rotatable bonds is 5. The van der Waals surface area contributed by atoms with Gasteiger partial charge in [-0.25, -0.2) is 19.5 Å². The van der Waals surface area contributed by atoms with Gasteiger partial charge >= 0.3 is 0 Å². The molecule has 0 saturated carbocycles. The maximum atomic E-state index is 11.8. The summed E-state index contributed by atoms with van der Waals surface area (Å²) in [7, 11) is 0. The van der Waals surface area contributed by atoms with Gasteiger partial charge in [-0.15, -0.1) is 0 Å². The molecule has 0 bridgehead atoms. The van der Waals surface area contributed by atoms with Gasteiger partial charge in [0.25, 0.3) is 5.91 Å². The molecule has 3 heterocycles. The molecule has 0 unspecified atom stereocenters. The number of hydrogen-bond donors (Lipinski definition) is 2. The summed E-state index contributed by atoms with van der Waals surface area (Å²) in [6, 6.07) is 17.7. The third-order valence-electron chi connectivity index (χ3n) is 5.10. The molecule has 0 radical (unpaired) electrons. The van der Waals surface area contributed by atoms with E-state index in [2.05, 4.69) is 54.7 Å². The Labute approximate surface area is 189 Å². The summed E-state index contributed by atoms with van der Waals surface area (Å²) in [5, 5.41) is 11.0. The number of amides is 1. The van der Waals surface area contributed by atoms with E-state index < -0.39 is 0 Å². The van der Waals surface area contributed by atoms with Gasteiger partial charge in [-0.1, -0.05) is 18.1 Å². The van der Waals surface area contributed by atoms with E-state index in [1.54, 1.807) is 23.8 Å². The van der Waals surface area contributed by atoms with Crippen LogP contribution in [0.3, 0.4) is 0 Å². The summed E-state index contributed by atoms with van der Waals surface area (Å²) in [4.78, 5) is 24.7. The van der Waals surface area contributed by atoms with Crippen LogP contribution in [0, 0.1) is 11.8 Å². The van der Waals surface area contributed by atoms with Gasteiger partial charge in [-0.05, 0) is 72.9 Å². The van der Waals surface area contributed by atoms with E-state index in [-0.39, 0.29) is 5.91 Å². The molecular formula is C25H19N7O. The molecule has 5 rings (SSSR count). The van der Waals surface area contributed by atoms with Gasteiger partial charge in [0, 0.05) is 23.0 Å². The van der Waals surface area contributed by atoms with Gasteiger partial charge in [0.1, 0.15) is 18.5 Å². The zero-order valence-electron chi connectivity index (χ0n) is 17.8. The van der Waals surface area contributed by atoms with Crippen molar-refractivity contribution in [1.82, 2.24) is 24.6 Å². The maximum absolute atomic E-state index is 11.8. The van der Waals surface area contributed by atoms with Gasteiger partial charge in [0.15, 0.2) is 5.65 Å². The second-order valence-corrected chi connectivity index (χ2v) is 7.38. The largest absolute Gasteiger partial charge is 0.340 e. The predicted octanol–water partition coefficient (Wildman–Crippen LogP) is 3.97.